The molecule has 16 heavy (non-hydrogen) atoms. The first-order valence-electron chi connectivity index (χ1n) is 6.37. The maximum absolute atomic E-state index is 6.26. The molecule has 1 heterocycles. The van der Waals surface area contributed by atoms with E-state index in [1.165, 1.54) is 25.7 Å². The molecule has 1 aliphatic carbocycles. The van der Waals surface area contributed by atoms with E-state index in [1.54, 1.807) is 0 Å². The van der Waals surface area contributed by atoms with E-state index in [0.29, 0.717) is 12.1 Å². The highest BCUT2D eigenvalue weighted by molar-refractivity contribution is 7.99. The highest BCUT2D eigenvalue weighted by atomic mass is 35.5. The van der Waals surface area contributed by atoms with Gasteiger partial charge in [0.05, 0.1) is 5.50 Å². The third-order valence-corrected chi connectivity index (χ3v) is 5.74. The fraction of sp³-hybridized carbons (Fsp3) is 1.00. The maximum Gasteiger partial charge on any atom is 0.0980 e. The van der Waals surface area contributed by atoms with Crippen molar-refractivity contribution in [2.24, 2.45) is 5.92 Å². The van der Waals surface area contributed by atoms with Crippen LogP contribution in [-0.2, 0) is 0 Å². The van der Waals surface area contributed by atoms with Crippen molar-refractivity contribution in [2.45, 2.75) is 55.4 Å². The van der Waals surface area contributed by atoms with Gasteiger partial charge in [-0.25, -0.2) is 0 Å². The van der Waals surface area contributed by atoms with Gasteiger partial charge >= 0.3 is 0 Å². The van der Waals surface area contributed by atoms with Crippen molar-refractivity contribution in [3.8, 4) is 0 Å². The van der Waals surface area contributed by atoms with Crippen LogP contribution >= 0.6 is 23.4 Å². The van der Waals surface area contributed by atoms with E-state index in [1.807, 2.05) is 11.8 Å². The fourth-order valence-corrected chi connectivity index (χ4v) is 3.85. The zero-order chi connectivity index (χ0) is 11.5. The Labute approximate surface area is 108 Å². The van der Waals surface area contributed by atoms with Gasteiger partial charge in [-0.15, -0.1) is 11.6 Å². The van der Waals surface area contributed by atoms with Crippen molar-refractivity contribution >= 4 is 23.4 Å². The quantitative estimate of drug-likeness (QED) is 0.591. The second-order valence-corrected chi connectivity index (χ2v) is 6.75. The fourth-order valence-electron chi connectivity index (χ4n) is 2.85. The van der Waals surface area contributed by atoms with Gasteiger partial charge in [0, 0.05) is 23.9 Å². The van der Waals surface area contributed by atoms with Gasteiger partial charge in [-0.2, -0.15) is 11.8 Å². The van der Waals surface area contributed by atoms with Gasteiger partial charge in [0.2, 0.25) is 0 Å². The third kappa shape index (κ3) is 3.06. The van der Waals surface area contributed by atoms with E-state index >= 15 is 0 Å². The van der Waals surface area contributed by atoms with Crippen LogP contribution in [0.5, 0.6) is 0 Å². The minimum atomic E-state index is 0.0945. The van der Waals surface area contributed by atoms with E-state index in [4.69, 9.17) is 11.6 Å². The Bertz CT molecular complexity index is 219. The molecule has 0 amide bonds. The predicted octanol–water partition coefficient (Wildman–Crippen LogP) is 2.42. The lowest BCUT2D eigenvalue weighted by Crippen LogP contribution is -2.60. The molecule has 2 rings (SSSR count). The Balaban J connectivity index is 1.81. The molecule has 1 saturated carbocycles. The molecule has 0 aromatic heterocycles. The molecule has 4 heteroatoms. The van der Waals surface area contributed by atoms with Crippen LogP contribution in [-0.4, -0.2) is 35.6 Å². The monoisotopic (exact) mass is 262 g/mol. The normalized spacial score (nSPS) is 45.6. The molecule has 0 radical (unpaired) electrons. The molecule has 94 valence electrons. The molecule has 2 fully saturated rings. The smallest absolute Gasteiger partial charge is 0.0980 e. The number of alkyl halides is 1. The van der Waals surface area contributed by atoms with Gasteiger partial charge < -0.3 is 5.32 Å². The molecular weight excluding hydrogens is 240 g/mol. The van der Waals surface area contributed by atoms with Crippen LogP contribution in [0.3, 0.4) is 0 Å². The van der Waals surface area contributed by atoms with E-state index in [2.05, 4.69) is 23.8 Å². The highest BCUT2D eigenvalue weighted by Gasteiger charge is 2.32. The van der Waals surface area contributed by atoms with E-state index < -0.39 is 0 Å². The number of halogens is 1. The van der Waals surface area contributed by atoms with E-state index in [0.717, 1.165) is 17.7 Å². The summed E-state index contributed by atoms with van der Waals surface area (Å²) in [5.41, 5.74) is 0.0945. The Hall–Kier alpha value is 0.560. The van der Waals surface area contributed by atoms with Crippen LogP contribution in [0.1, 0.15) is 32.6 Å². The molecule has 2 nitrogen and oxygen atoms in total. The summed E-state index contributed by atoms with van der Waals surface area (Å²) in [5.74, 6) is 0.824. The molecule has 0 aromatic rings. The Morgan fingerprint density at radius 2 is 1.88 bits per heavy atom. The molecule has 1 saturated heterocycles. The van der Waals surface area contributed by atoms with Crippen molar-refractivity contribution in [3.63, 3.8) is 0 Å². The van der Waals surface area contributed by atoms with E-state index in [9.17, 15) is 0 Å². The summed E-state index contributed by atoms with van der Waals surface area (Å²) in [7, 11) is 0. The van der Waals surface area contributed by atoms with Crippen LogP contribution in [0.2, 0.25) is 0 Å². The van der Waals surface area contributed by atoms with Crippen LogP contribution in [0, 0.1) is 5.92 Å². The number of hydrogen-bond donors (Lipinski definition) is 2. The van der Waals surface area contributed by atoms with Gasteiger partial charge in [0.1, 0.15) is 0 Å². The summed E-state index contributed by atoms with van der Waals surface area (Å²) < 4.78 is 0. The predicted molar refractivity (Wildman–Crippen MR) is 73.3 cm³/mol. The average Bonchev–Trinajstić information content (AvgIpc) is 2.33. The minimum absolute atomic E-state index is 0.0945. The van der Waals surface area contributed by atoms with Crippen molar-refractivity contribution in [1.82, 2.24) is 10.6 Å². The lowest BCUT2D eigenvalue weighted by atomic mass is 9.83. The van der Waals surface area contributed by atoms with Crippen molar-refractivity contribution in [3.05, 3.63) is 0 Å². The summed E-state index contributed by atoms with van der Waals surface area (Å²) >= 11 is 8.29. The third-order valence-electron chi connectivity index (χ3n) is 4.09. The first-order chi connectivity index (χ1) is 7.70. The Morgan fingerprint density at radius 3 is 2.44 bits per heavy atom. The van der Waals surface area contributed by atoms with Gasteiger partial charge in [-0.05, 0) is 44.8 Å². The van der Waals surface area contributed by atoms with Gasteiger partial charge in [0.25, 0.3) is 0 Å². The highest BCUT2D eigenvalue weighted by Crippen LogP contribution is 2.33. The molecule has 0 bridgehead atoms. The van der Waals surface area contributed by atoms with Crippen LogP contribution in [0.25, 0.3) is 0 Å². The number of hydrogen-bond acceptors (Lipinski definition) is 3. The first kappa shape index (κ1) is 13.0. The van der Waals surface area contributed by atoms with Crippen molar-refractivity contribution < 1.29 is 0 Å². The summed E-state index contributed by atoms with van der Waals surface area (Å²) in [6.07, 6.45) is 7.73. The molecule has 1 aliphatic heterocycles. The SMILES string of the molecule is CSC1CCC(C2CNC(C)C(Cl)N2)CC1. The summed E-state index contributed by atoms with van der Waals surface area (Å²) in [6.45, 7) is 3.23. The molecule has 0 spiro atoms. The molecular formula is C12H23ClN2S. The summed E-state index contributed by atoms with van der Waals surface area (Å²) in [6, 6.07) is 0.974. The maximum atomic E-state index is 6.26. The second-order valence-electron chi connectivity index (χ2n) is 5.14. The van der Waals surface area contributed by atoms with Gasteiger partial charge in [-0.1, -0.05) is 0 Å². The lowest BCUT2D eigenvalue weighted by molar-refractivity contribution is 0.219. The van der Waals surface area contributed by atoms with Crippen molar-refractivity contribution in [2.75, 3.05) is 12.8 Å². The Morgan fingerprint density at radius 1 is 1.19 bits per heavy atom. The first-order valence-corrected chi connectivity index (χ1v) is 8.09. The summed E-state index contributed by atoms with van der Waals surface area (Å²) in [4.78, 5) is 0. The lowest BCUT2D eigenvalue weighted by Gasteiger charge is -2.40. The molecule has 3 atom stereocenters. The molecule has 0 aromatic carbocycles. The van der Waals surface area contributed by atoms with Gasteiger partial charge in [-0.3, -0.25) is 5.32 Å². The zero-order valence-corrected chi connectivity index (χ0v) is 11.8. The summed E-state index contributed by atoms with van der Waals surface area (Å²) in [5, 5.41) is 7.97. The molecule has 3 unspecified atom stereocenters. The minimum Gasteiger partial charge on any atom is -0.310 e. The average molecular weight is 263 g/mol. The van der Waals surface area contributed by atoms with Crippen LogP contribution < -0.4 is 10.6 Å². The molecule has 2 N–H and O–H groups in total. The standard InChI is InChI=1S/C12H23ClN2S/c1-8-12(13)15-11(7-14-8)9-3-5-10(16-2)6-4-9/h8-12,14-15H,3-7H2,1-2H3. The topological polar surface area (TPSA) is 24.1 Å². The zero-order valence-electron chi connectivity index (χ0n) is 10.2. The Kier molecular flexibility index (Phi) is 4.83. The van der Waals surface area contributed by atoms with Crippen LogP contribution in [0.4, 0.5) is 0 Å². The second kappa shape index (κ2) is 5.94. The van der Waals surface area contributed by atoms with Crippen LogP contribution in [0.15, 0.2) is 0 Å². The van der Waals surface area contributed by atoms with Gasteiger partial charge in [0.15, 0.2) is 0 Å². The molecule has 2 aliphatic rings. The van der Waals surface area contributed by atoms with Crippen molar-refractivity contribution in [1.29, 1.82) is 0 Å². The number of piperazine rings is 1. The number of thioether (sulfide) groups is 1. The number of rotatable bonds is 2. The number of nitrogens with one attached hydrogen (secondary N) is 2. The van der Waals surface area contributed by atoms with E-state index in [-0.39, 0.29) is 5.50 Å². The largest absolute Gasteiger partial charge is 0.310 e.